The Morgan fingerprint density at radius 3 is 2.40 bits per heavy atom. The van der Waals surface area contributed by atoms with Gasteiger partial charge in [0, 0.05) is 12.7 Å². The molecule has 1 fully saturated rings. The van der Waals surface area contributed by atoms with Crippen molar-refractivity contribution in [3.8, 4) is 5.75 Å². The summed E-state index contributed by atoms with van der Waals surface area (Å²) in [5.74, 6) is 1.73. The number of rotatable bonds is 5. The Kier molecular flexibility index (Phi) is 5.06. The van der Waals surface area contributed by atoms with E-state index in [0.717, 1.165) is 24.5 Å². The summed E-state index contributed by atoms with van der Waals surface area (Å²) in [5, 5.41) is 3.46. The van der Waals surface area contributed by atoms with Crippen molar-refractivity contribution in [1.82, 2.24) is 5.32 Å². The number of nitrogens with one attached hydrogen (secondary N) is 1. The average molecular weight is 277 g/mol. The van der Waals surface area contributed by atoms with Crippen LogP contribution in [0, 0.1) is 5.92 Å². The predicted molar refractivity (Wildman–Crippen MR) is 82.2 cm³/mol. The van der Waals surface area contributed by atoms with E-state index in [-0.39, 0.29) is 11.6 Å². The summed E-state index contributed by atoms with van der Waals surface area (Å²) in [5.41, 5.74) is 1.06. The normalized spacial score (nSPS) is 28.1. The standard InChI is InChI=1S/C17H27NO2/c1-13-9-11-17(20-4,12-10-13)16(18-2)14-7-5-6-8-15(14)19-3/h5-8,13,16,18H,9-12H2,1-4H3. The molecule has 0 spiro atoms. The largest absolute Gasteiger partial charge is 0.496 e. The van der Waals surface area contributed by atoms with Gasteiger partial charge < -0.3 is 14.8 Å². The van der Waals surface area contributed by atoms with Gasteiger partial charge in [0.2, 0.25) is 0 Å². The third-order valence-electron chi connectivity index (χ3n) is 4.79. The fourth-order valence-electron chi connectivity index (χ4n) is 3.47. The second-order valence-corrected chi connectivity index (χ2v) is 5.92. The highest BCUT2D eigenvalue weighted by atomic mass is 16.5. The number of hydrogen-bond acceptors (Lipinski definition) is 3. The third-order valence-corrected chi connectivity index (χ3v) is 4.79. The number of likely N-dealkylation sites (N-methyl/N-ethyl adjacent to an activating group) is 1. The maximum absolute atomic E-state index is 6.02. The van der Waals surface area contributed by atoms with E-state index in [2.05, 4.69) is 24.4 Å². The zero-order chi connectivity index (χ0) is 14.6. The Balaban J connectivity index is 2.34. The molecule has 0 heterocycles. The molecule has 112 valence electrons. The molecule has 3 nitrogen and oxygen atoms in total. The molecule has 0 radical (unpaired) electrons. The van der Waals surface area contributed by atoms with Crippen molar-refractivity contribution < 1.29 is 9.47 Å². The monoisotopic (exact) mass is 277 g/mol. The zero-order valence-corrected chi connectivity index (χ0v) is 13.1. The van der Waals surface area contributed by atoms with Gasteiger partial charge in [-0.2, -0.15) is 0 Å². The summed E-state index contributed by atoms with van der Waals surface area (Å²) in [6.07, 6.45) is 4.63. The van der Waals surface area contributed by atoms with Crippen LogP contribution >= 0.6 is 0 Å². The molecule has 1 aromatic rings. The van der Waals surface area contributed by atoms with Crippen molar-refractivity contribution in [3.63, 3.8) is 0 Å². The minimum Gasteiger partial charge on any atom is -0.496 e. The molecule has 1 saturated carbocycles. The highest BCUT2D eigenvalue weighted by molar-refractivity contribution is 5.37. The van der Waals surface area contributed by atoms with E-state index in [9.17, 15) is 0 Å². The lowest BCUT2D eigenvalue weighted by Crippen LogP contribution is -2.47. The first kappa shape index (κ1) is 15.3. The number of benzene rings is 1. The van der Waals surface area contributed by atoms with E-state index >= 15 is 0 Å². The van der Waals surface area contributed by atoms with Gasteiger partial charge >= 0.3 is 0 Å². The molecule has 0 saturated heterocycles. The summed E-state index contributed by atoms with van der Waals surface area (Å²) >= 11 is 0. The summed E-state index contributed by atoms with van der Waals surface area (Å²) in [6.45, 7) is 2.33. The summed E-state index contributed by atoms with van der Waals surface area (Å²) in [7, 11) is 5.58. The van der Waals surface area contributed by atoms with E-state index in [1.165, 1.54) is 18.4 Å². The molecule has 1 N–H and O–H groups in total. The molecule has 1 aromatic carbocycles. The van der Waals surface area contributed by atoms with Gasteiger partial charge in [0.25, 0.3) is 0 Å². The van der Waals surface area contributed by atoms with Crippen LogP contribution in [0.1, 0.15) is 44.2 Å². The molecule has 1 unspecified atom stereocenters. The highest BCUT2D eigenvalue weighted by Crippen LogP contribution is 2.44. The molecule has 0 amide bonds. The Morgan fingerprint density at radius 1 is 1.20 bits per heavy atom. The molecular formula is C17H27NO2. The number of hydrogen-bond donors (Lipinski definition) is 1. The van der Waals surface area contributed by atoms with Crippen LogP contribution in [0.5, 0.6) is 5.75 Å². The summed E-state index contributed by atoms with van der Waals surface area (Å²) < 4.78 is 11.6. The van der Waals surface area contributed by atoms with Crippen molar-refractivity contribution in [2.24, 2.45) is 5.92 Å². The SMILES string of the molecule is CNC(c1ccccc1OC)C1(OC)CCC(C)CC1. The van der Waals surface area contributed by atoms with Crippen molar-refractivity contribution in [3.05, 3.63) is 29.8 Å². The van der Waals surface area contributed by atoms with Crippen LogP contribution in [-0.4, -0.2) is 26.9 Å². The van der Waals surface area contributed by atoms with E-state index < -0.39 is 0 Å². The van der Waals surface area contributed by atoms with Gasteiger partial charge in [0.05, 0.1) is 18.8 Å². The van der Waals surface area contributed by atoms with Crippen LogP contribution in [0.4, 0.5) is 0 Å². The quantitative estimate of drug-likeness (QED) is 0.893. The topological polar surface area (TPSA) is 30.5 Å². The van der Waals surface area contributed by atoms with Crippen molar-refractivity contribution in [2.75, 3.05) is 21.3 Å². The second-order valence-electron chi connectivity index (χ2n) is 5.92. The Bertz CT molecular complexity index is 425. The summed E-state index contributed by atoms with van der Waals surface area (Å²) in [4.78, 5) is 0. The number of para-hydroxylation sites is 1. The van der Waals surface area contributed by atoms with Crippen LogP contribution in [0.25, 0.3) is 0 Å². The Morgan fingerprint density at radius 2 is 1.85 bits per heavy atom. The Hall–Kier alpha value is -1.06. The smallest absolute Gasteiger partial charge is 0.123 e. The third kappa shape index (κ3) is 2.84. The number of methoxy groups -OCH3 is 2. The second kappa shape index (κ2) is 6.59. The lowest BCUT2D eigenvalue weighted by atomic mass is 9.73. The van der Waals surface area contributed by atoms with Gasteiger partial charge in [-0.05, 0) is 44.7 Å². The fourth-order valence-corrected chi connectivity index (χ4v) is 3.47. The maximum Gasteiger partial charge on any atom is 0.123 e. The minimum absolute atomic E-state index is 0.129. The van der Waals surface area contributed by atoms with E-state index in [1.807, 2.05) is 26.3 Å². The molecule has 1 aliphatic carbocycles. The molecular weight excluding hydrogens is 250 g/mol. The van der Waals surface area contributed by atoms with Crippen LogP contribution < -0.4 is 10.1 Å². The van der Waals surface area contributed by atoms with Crippen LogP contribution in [0.2, 0.25) is 0 Å². The molecule has 0 aliphatic heterocycles. The van der Waals surface area contributed by atoms with Gasteiger partial charge in [0.15, 0.2) is 0 Å². The van der Waals surface area contributed by atoms with Gasteiger partial charge in [0.1, 0.15) is 5.75 Å². The predicted octanol–water partition coefficient (Wildman–Crippen LogP) is 3.55. The van der Waals surface area contributed by atoms with Gasteiger partial charge in [-0.25, -0.2) is 0 Å². The summed E-state index contributed by atoms with van der Waals surface area (Å²) in [6, 6.07) is 8.40. The van der Waals surface area contributed by atoms with Gasteiger partial charge in [-0.15, -0.1) is 0 Å². The van der Waals surface area contributed by atoms with Gasteiger partial charge in [-0.3, -0.25) is 0 Å². The minimum atomic E-state index is -0.129. The zero-order valence-electron chi connectivity index (χ0n) is 13.1. The molecule has 0 aromatic heterocycles. The lowest BCUT2D eigenvalue weighted by molar-refractivity contribution is -0.0748. The molecule has 2 rings (SSSR count). The van der Waals surface area contributed by atoms with E-state index in [4.69, 9.17) is 9.47 Å². The lowest BCUT2D eigenvalue weighted by Gasteiger charge is -2.44. The molecule has 0 bridgehead atoms. The first-order chi connectivity index (χ1) is 9.66. The molecule has 20 heavy (non-hydrogen) atoms. The molecule has 3 heteroatoms. The van der Waals surface area contributed by atoms with Gasteiger partial charge in [-0.1, -0.05) is 25.1 Å². The van der Waals surface area contributed by atoms with Crippen molar-refractivity contribution >= 4 is 0 Å². The molecule has 1 atom stereocenters. The number of ether oxygens (including phenoxy) is 2. The van der Waals surface area contributed by atoms with Crippen LogP contribution in [0.15, 0.2) is 24.3 Å². The maximum atomic E-state index is 6.02. The van der Waals surface area contributed by atoms with Crippen LogP contribution in [-0.2, 0) is 4.74 Å². The Labute approximate surface area is 122 Å². The highest BCUT2D eigenvalue weighted by Gasteiger charge is 2.42. The molecule has 1 aliphatic rings. The fraction of sp³-hybridized carbons (Fsp3) is 0.647. The first-order valence-electron chi connectivity index (χ1n) is 7.52. The first-order valence-corrected chi connectivity index (χ1v) is 7.52. The van der Waals surface area contributed by atoms with Crippen LogP contribution in [0.3, 0.4) is 0 Å². The van der Waals surface area contributed by atoms with Crippen molar-refractivity contribution in [2.45, 2.75) is 44.2 Å². The van der Waals surface area contributed by atoms with E-state index in [0.29, 0.717) is 0 Å². The van der Waals surface area contributed by atoms with Crippen molar-refractivity contribution in [1.29, 1.82) is 0 Å². The van der Waals surface area contributed by atoms with E-state index in [1.54, 1.807) is 7.11 Å². The average Bonchev–Trinajstić information content (AvgIpc) is 2.50.